The lowest BCUT2D eigenvalue weighted by Crippen LogP contribution is -1.94. The van der Waals surface area contributed by atoms with Crippen molar-refractivity contribution in [3.05, 3.63) is 51.9 Å². The molecule has 1 heteroatoms. The van der Waals surface area contributed by atoms with Gasteiger partial charge in [-0.25, -0.2) is 0 Å². The Balaban J connectivity index is 3.36. The van der Waals surface area contributed by atoms with Gasteiger partial charge in [-0.1, -0.05) is 31.2 Å². The number of rotatable bonds is 3. The molecule has 0 spiro atoms. The lowest BCUT2D eigenvalue weighted by molar-refractivity contribution is 1.19. The Morgan fingerprint density at radius 2 is 1.75 bits per heavy atom. The van der Waals surface area contributed by atoms with Crippen LogP contribution in [0.15, 0.2) is 29.7 Å². The summed E-state index contributed by atoms with van der Waals surface area (Å²) >= 11 is 4.26. The first-order valence-corrected chi connectivity index (χ1v) is 6.07. The third-order valence-corrected chi connectivity index (χ3v) is 2.85. The number of hydrogen-bond donors (Lipinski definition) is 1. The Labute approximate surface area is 104 Å². The second-order valence-electron chi connectivity index (χ2n) is 4.29. The molecule has 0 saturated carbocycles. The van der Waals surface area contributed by atoms with Crippen LogP contribution in [0.3, 0.4) is 0 Å². The van der Waals surface area contributed by atoms with E-state index >= 15 is 0 Å². The molecule has 0 atom stereocenters. The Morgan fingerprint density at radius 3 is 2.12 bits per heavy atom. The molecular weight excluding hydrogens is 212 g/mol. The number of allylic oxidation sites excluding steroid dienone is 2. The van der Waals surface area contributed by atoms with Gasteiger partial charge in [-0.05, 0) is 60.4 Å². The molecule has 0 bridgehead atoms. The van der Waals surface area contributed by atoms with Gasteiger partial charge < -0.3 is 0 Å². The molecule has 86 valence electrons. The molecule has 0 amide bonds. The highest BCUT2D eigenvalue weighted by Crippen LogP contribution is 2.28. The minimum Gasteiger partial charge on any atom is -0.144 e. The monoisotopic (exact) mass is 232 g/mol. The van der Waals surface area contributed by atoms with E-state index in [0.29, 0.717) is 0 Å². The van der Waals surface area contributed by atoms with E-state index in [4.69, 9.17) is 0 Å². The van der Waals surface area contributed by atoms with Crippen LogP contribution in [0.4, 0.5) is 0 Å². The van der Waals surface area contributed by atoms with Gasteiger partial charge in [0.2, 0.25) is 0 Å². The van der Waals surface area contributed by atoms with Crippen LogP contribution in [0.2, 0.25) is 0 Å². The van der Waals surface area contributed by atoms with Crippen LogP contribution in [-0.4, -0.2) is 0 Å². The van der Waals surface area contributed by atoms with Crippen LogP contribution < -0.4 is 0 Å². The molecule has 1 aromatic carbocycles. The summed E-state index contributed by atoms with van der Waals surface area (Å²) in [4.78, 5) is 0.816. The highest BCUT2D eigenvalue weighted by Gasteiger charge is 2.07. The Kier molecular flexibility index (Phi) is 4.43. The van der Waals surface area contributed by atoms with E-state index in [1.165, 1.54) is 27.8 Å². The Morgan fingerprint density at radius 1 is 1.25 bits per heavy atom. The second-order valence-corrected chi connectivity index (χ2v) is 4.86. The molecule has 0 aliphatic carbocycles. The predicted octanol–water partition coefficient (Wildman–Crippen LogP) is 4.85. The maximum Gasteiger partial charge on any atom is -0.00291 e. The fraction of sp³-hybridized carbons (Fsp3) is 0.333. The van der Waals surface area contributed by atoms with Crippen LogP contribution in [-0.2, 0) is 0 Å². The molecule has 16 heavy (non-hydrogen) atoms. The number of thiol groups is 1. The molecule has 1 aromatic rings. The van der Waals surface area contributed by atoms with Crippen molar-refractivity contribution in [1.29, 1.82) is 0 Å². The number of benzene rings is 1. The van der Waals surface area contributed by atoms with Crippen molar-refractivity contribution in [2.24, 2.45) is 0 Å². The summed E-state index contributed by atoms with van der Waals surface area (Å²) in [7, 11) is 0. The maximum atomic E-state index is 4.26. The van der Waals surface area contributed by atoms with Crippen LogP contribution in [0.5, 0.6) is 0 Å². The molecule has 0 radical (unpaired) electrons. The second kappa shape index (κ2) is 5.40. The average molecular weight is 232 g/mol. The van der Waals surface area contributed by atoms with Gasteiger partial charge in [-0.15, -0.1) is 12.6 Å². The zero-order valence-corrected chi connectivity index (χ0v) is 11.5. The van der Waals surface area contributed by atoms with Gasteiger partial charge in [0.05, 0.1) is 0 Å². The molecule has 0 fully saturated rings. The summed E-state index contributed by atoms with van der Waals surface area (Å²) in [5.74, 6) is 0. The molecule has 0 nitrogen and oxygen atoms in total. The van der Waals surface area contributed by atoms with E-state index in [9.17, 15) is 0 Å². The summed E-state index contributed by atoms with van der Waals surface area (Å²) in [6.07, 6.45) is 3.07. The van der Waals surface area contributed by atoms with E-state index in [-0.39, 0.29) is 0 Å². The van der Waals surface area contributed by atoms with E-state index in [2.05, 4.69) is 65.1 Å². The third-order valence-electron chi connectivity index (χ3n) is 2.72. The van der Waals surface area contributed by atoms with Crippen LogP contribution in [0.25, 0.3) is 5.57 Å². The Bertz CT molecular complexity index is 416. The first kappa shape index (κ1) is 13.1. The highest BCUT2D eigenvalue weighted by atomic mass is 32.1. The largest absolute Gasteiger partial charge is 0.144 e. The van der Waals surface area contributed by atoms with Crippen molar-refractivity contribution < 1.29 is 0 Å². The number of hydrogen-bond acceptors (Lipinski definition) is 1. The molecule has 0 aromatic heterocycles. The smallest absolute Gasteiger partial charge is 0.00291 e. The van der Waals surface area contributed by atoms with Crippen LogP contribution in [0.1, 0.15) is 35.6 Å². The molecule has 0 saturated heterocycles. The van der Waals surface area contributed by atoms with E-state index in [0.717, 1.165) is 11.3 Å². The van der Waals surface area contributed by atoms with Crippen molar-refractivity contribution in [3.63, 3.8) is 0 Å². The molecule has 0 aliphatic heterocycles. The minimum atomic E-state index is 0.816. The van der Waals surface area contributed by atoms with E-state index in [1.54, 1.807) is 0 Å². The molecule has 0 aliphatic rings. The Hall–Kier alpha value is -0.950. The summed E-state index contributed by atoms with van der Waals surface area (Å²) in [5.41, 5.74) is 6.65. The summed E-state index contributed by atoms with van der Waals surface area (Å²) in [6, 6.07) is 4.46. The van der Waals surface area contributed by atoms with Crippen molar-refractivity contribution in [2.45, 2.75) is 34.1 Å². The molecule has 0 unspecified atom stereocenters. The van der Waals surface area contributed by atoms with Gasteiger partial charge in [0.25, 0.3) is 0 Å². The van der Waals surface area contributed by atoms with Crippen molar-refractivity contribution in [1.82, 2.24) is 0 Å². The first-order valence-electron chi connectivity index (χ1n) is 5.62. The fourth-order valence-electron chi connectivity index (χ4n) is 2.24. The highest BCUT2D eigenvalue weighted by molar-refractivity contribution is 7.84. The topological polar surface area (TPSA) is 0 Å². The van der Waals surface area contributed by atoms with Gasteiger partial charge in [0, 0.05) is 0 Å². The third kappa shape index (κ3) is 3.02. The molecular formula is C15H20S. The van der Waals surface area contributed by atoms with Gasteiger partial charge in [-0.2, -0.15) is 0 Å². The molecule has 0 heterocycles. The molecule has 0 N–H and O–H groups in total. The van der Waals surface area contributed by atoms with Crippen LogP contribution in [0, 0.1) is 20.8 Å². The first-order chi connectivity index (χ1) is 7.45. The minimum absolute atomic E-state index is 0.816. The average Bonchev–Trinajstić information content (AvgIpc) is 2.13. The lowest BCUT2D eigenvalue weighted by Gasteiger charge is -2.14. The van der Waals surface area contributed by atoms with Gasteiger partial charge in [-0.3, -0.25) is 0 Å². The normalized spacial score (nSPS) is 11.7. The summed E-state index contributed by atoms with van der Waals surface area (Å²) < 4.78 is 0. The van der Waals surface area contributed by atoms with Crippen molar-refractivity contribution >= 4 is 18.2 Å². The van der Waals surface area contributed by atoms with Crippen molar-refractivity contribution in [3.8, 4) is 0 Å². The van der Waals surface area contributed by atoms with Gasteiger partial charge in [0.15, 0.2) is 0 Å². The molecule has 1 rings (SSSR count). The number of aryl methyl sites for hydroxylation is 3. The van der Waals surface area contributed by atoms with Crippen LogP contribution >= 0.6 is 12.6 Å². The maximum absolute atomic E-state index is 4.26. The van der Waals surface area contributed by atoms with Gasteiger partial charge >= 0.3 is 0 Å². The lowest BCUT2D eigenvalue weighted by atomic mass is 9.92. The SMILES string of the molecule is C=C(S)/C=C(\CC)c1c(C)cc(C)cc1C. The summed E-state index contributed by atoms with van der Waals surface area (Å²) in [6.45, 7) is 12.5. The van der Waals surface area contributed by atoms with E-state index in [1.807, 2.05) is 0 Å². The fourth-order valence-corrected chi connectivity index (χ4v) is 2.39. The van der Waals surface area contributed by atoms with E-state index < -0.39 is 0 Å². The quantitative estimate of drug-likeness (QED) is 0.559. The summed E-state index contributed by atoms with van der Waals surface area (Å²) in [5, 5.41) is 0. The zero-order chi connectivity index (χ0) is 12.3. The predicted molar refractivity (Wildman–Crippen MR) is 77.0 cm³/mol. The zero-order valence-electron chi connectivity index (χ0n) is 10.6. The van der Waals surface area contributed by atoms with Crippen molar-refractivity contribution in [2.75, 3.05) is 0 Å². The standard InChI is InChI=1S/C15H20S/c1-6-14(9-13(5)16)15-11(3)7-10(2)8-12(15)4/h7-9,16H,5-6H2,1-4H3/b14-9+. The van der Waals surface area contributed by atoms with Gasteiger partial charge in [0.1, 0.15) is 0 Å².